The molecule has 1 aliphatic heterocycles. The van der Waals surface area contributed by atoms with Crippen LogP contribution in [0.1, 0.15) is 17.5 Å². The molecule has 2 heterocycles. The highest BCUT2D eigenvalue weighted by Gasteiger charge is 2.24. The first-order valence-electron chi connectivity index (χ1n) is 11.2. The van der Waals surface area contributed by atoms with Gasteiger partial charge >= 0.3 is 0 Å². The molecule has 34 heavy (non-hydrogen) atoms. The Morgan fingerprint density at radius 2 is 1.82 bits per heavy atom. The maximum Gasteiger partial charge on any atom is 0.191 e. The van der Waals surface area contributed by atoms with Crippen molar-refractivity contribution in [2.75, 3.05) is 39.3 Å². The van der Waals surface area contributed by atoms with E-state index in [0.717, 1.165) is 54.8 Å². The van der Waals surface area contributed by atoms with Crippen molar-refractivity contribution in [1.29, 1.82) is 0 Å². The molecular weight excluding hydrogens is 543 g/mol. The highest BCUT2D eigenvalue weighted by molar-refractivity contribution is 14.0. The summed E-state index contributed by atoms with van der Waals surface area (Å²) in [6.07, 6.45) is 4.99. The molecular formula is C25H33IN6O2. The van der Waals surface area contributed by atoms with Crippen LogP contribution >= 0.6 is 24.0 Å². The lowest BCUT2D eigenvalue weighted by Crippen LogP contribution is -2.44. The SMILES string of the molecule is CN=C(NCc1cnn(Cc2ccccc2)c1)NC1CCN(c2cc(OC)cc(OC)c2)C1.I. The molecule has 1 unspecified atom stereocenters. The topological polar surface area (TPSA) is 75.9 Å². The van der Waals surface area contributed by atoms with Gasteiger partial charge in [-0.25, -0.2) is 0 Å². The van der Waals surface area contributed by atoms with E-state index in [9.17, 15) is 0 Å². The van der Waals surface area contributed by atoms with E-state index in [-0.39, 0.29) is 24.0 Å². The van der Waals surface area contributed by atoms with Crippen LogP contribution in [0.25, 0.3) is 0 Å². The van der Waals surface area contributed by atoms with Crippen LogP contribution in [-0.2, 0) is 13.1 Å². The lowest BCUT2D eigenvalue weighted by atomic mass is 10.2. The number of aromatic nitrogens is 2. The van der Waals surface area contributed by atoms with Crippen molar-refractivity contribution in [2.45, 2.75) is 25.6 Å². The van der Waals surface area contributed by atoms with Crippen molar-refractivity contribution in [3.63, 3.8) is 0 Å². The zero-order valence-electron chi connectivity index (χ0n) is 19.9. The van der Waals surface area contributed by atoms with Crippen molar-refractivity contribution in [3.8, 4) is 11.5 Å². The Labute approximate surface area is 218 Å². The quantitative estimate of drug-likeness (QED) is 0.243. The van der Waals surface area contributed by atoms with Gasteiger partial charge in [0.1, 0.15) is 11.5 Å². The summed E-state index contributed by atoms with van der Waals surface area (Å²) in [5, 5.41) is 11.4. The van der Waals surface area contributed by atoms with E-state index >= 15 is 0 Å². The Morgan fingerprint density at radius 1 is 1.09 bits per heavy atom. The van der Waals surface area contributed by atoms with Gasteiger partial charge in [0.25, 0.3) is 0 Å². The predicted octanol–water partition coefficient (Wildman–Crippen LogP) is 3.51. The maximum atomic E-state index is 5.42. The molecule has 1 aliphatic rings. The second-order valence-electron chi connectivity index (χ2n) is 8.10. The number of aliphatic imine (C=N–C) groups is 1. The predicted molar refractivity (Wildman–Crippen MR) is 147 cm³/mol. The van der Waals surface area contributed by atoms with E-state index in [2.05, 4.69) is 44.0 Å². The normalized spacial score (nSPS) is 15.6. The molecule has 1 aromatic heterocycles. The van der Waals surface area contributed by atoms with E-state index in [0.29, 0.717) is 12.6 Å². The molecule has 0 bridgehead atoms. The van der Waals surface area contributed by atoms with Crippen molar-refractivity contribution >= 4 is 35.6 Å². The summed E-state index contributed by atoms with van der Waals surface area (Å²) in [6.45, 7) is 3.27. The molecule has 0 saturated carbocycles. The zero-order valence-corrected chi connectivity index (χ0v) is 22.2. The van der Waals surface area contributed by atoms with Crippen molar-refractivity contribution in [1.82, 2.24) is 20.4 Å². The summed E-state index contributed by atoms with van der Waals surface area (Å²) in [7, 11) is 5.15. The average Bonchev–Trinajstić information content (AvgIpc) is 3.51. The number of hydrogen-bond acceptors (Lipinski definition) is 5. The van der Waals surface area contributed by atoms with Crippen LogP contribution in [0.3, 0.4) is 0 Å². The van der Waals surface area contributed by atoms with Gasteiger partial charge in [-0.15, -0.1) is 24.0 Å². The number of ether oxygens (including phenoxy) is 2. The van der Waals surface area contributed by atoms with E-state index in [1.807, 2.05) is 47.3 Å². The van der Waals surface area contributed by atoms with Gasteiger partial charge in [-0.05, 0) is 12.0 Å². The molecule has 1 saturated heterocycles. The number of methoxy groups -OCH3 is 2. The summed E-state index contributed by atoms with van der Waals surface area (Å²) in [5.74, 6) is 2.39. The molecule has 0 aliphatic carbocycles. The Morgan fingerprint density at radius 3 is 2.50 bits per heavy atom. The molecule has 1 fully saturated rings. The minimum atomic E-state index is 0. The number of guanidine groups is 1. The molecule has 2 aromatic carbocycles. The fourth-order valence-electron chi connectivity index (χ4n) is 4.02. The zero-order chi connectivity index (χ0) is 23.0. The highest BCUT2D eigenvalue weighted by Crippen LogP contribution is 2.30. The first-order valence-corrected chi connectivity index (χ1v) is 11.2. The fourth-order valence-corrected chi connectivity index (χ4v) is 4.02. The van der Waals surface area contributed by atoms with Crippen LogP contribution in [-0.4, -0.2) is 56.1 Å². The van der Waals surface area contributed by atoms with Crippen LogP contribution in [0.4, 0.5) is 5.69 Å². The smallest absolute Gasteiger partial charge is 0.191 e. The summed E-state index contributed by atoms with van der Waals surface area (Å²) in [4.78, 5) is 6.74. The summed E-state index contributed by atoms with van der Waals surface area (Å²) in [5.41, 5.74) is 3.45. The molecule has 0 amide bonds. The van der Waals surface area contributed by atoms with Crippen LogP contribution in [0.5, 0.6) is 11.5 Å². The number of anilines is 1. The van der Waals surface area contributed by atoms with E-state index in [1.165, 1.54) is 5.56 Å². The van der Waals surface area contributed by atoms with Gasteiger partial charge in [-0.1, -0.05) is 30.3 Å². The minimum Gasteiger partial charge on any atom is -0.497 e. The molecule has 3 aromatic rings. The highest BCUT2D eigenvalue weighted by atomic mass is 127. The van der Waals surface area contributed by atoms with Crippen LogP contribution in [0.15, 0.2) is 65.9 Å². The average molecular weight is 576 g/mol. The summed E-state index contributed by atoms with van der Waals surface area (Å²) >= 11 is 0. The third-order valence-electron chi connectivity index (χ3n) is 5.79. The Balaban J connectivity index is 0.00000324. The van der Waals surface area contributed by atoms with Gasteiger partial charge in [-0.2, -0.15) is 5.10 Å². The van der Waals surface area contributed by atoms with E-state index in [4.69, 9.17) is 9.47 Å². The fraction of sp³-hybridized carbons (Fsp3) is 0.360. The molecule has 2 N–H and O–H groups in total. The number of benzene rings is 2. The maximum absolute atomic E-state index is 5.42. The molecule has 0 radical (unpaired) electrons. The van der Waals surface area contributed by atoms with Crippen molar-refractivity contribution in [3.05, 3.63) is 72.1 Å². The van der Waals surface area contributed by atoms with Crippen molar-refractivity contribution in [2.24, 2.45) is 4.99 Å². The standard InChI is InChI=1S/C25H32N6O2.HI/c1-26-25(27-14-20-15-28-31(17-20)16-19-7-5-4-6-8-19)29-21-9-10-30(18-21)22-11-23(32-2)13-24(12-22)33-3;/h4-8,11-13,15,17,21H,9-10,14,16,18H2,1-3H3,(H2,26,27,29);1H. The number of halogens is 1. The van der Waals surface area contributed by atoms with E-state index < -0.39 is 0 Å². The van der Waals surface area contributed by atoms with Gasteiger partial charge in [0.05, 0.1) is 27.0 Å². The molecule has 182 valence electrons. The molecule has 9 heteroatoms. The van der Waals surface area contributed by atoms with Crippen molar-refractivity contribution < 1.29 is 9.47 Å². The number of nitrogens with zero attached hydrogens (tertiary/aromatic N) is 4. The lowest BCUT2D eigenvalue weighted by Gasteiger charge is -2.21. The largest absolute Gasteiger partial charge is 0.497 e. The first-order chi connectivity index (χ1) is 16.2. The monoisotopic (exact) mass is 576 g/mol. The number of rotatable bonds is 8. The summed E-state index contributed by atoms with van der Waals surface area (Å²) < 4.78 is 12.8. The first kappa shape index (κ1) is 25.7. The van der Waals surface area contributed by atoms with Gasteiger partial charge in [0, 0.05) is 68.4 Å². The Kier molecular flexibility index (Phi) is 9.43. The molecule has 4 rings (SSSR count). The third-order valence-corrected chi connectivity index (χ3v) is 5.79. The summed E-state index contributed by atoms with van der Waals surface area (Å²) in [6, 6.07) is 16.6. The van der Waals surface area contributed by atoms with Crippen LogP contribution in [0.2, 0.25) is 0 Å². The Bertz CT molecular complexity index is 1050. The minimum absolute atomic E-state index is 0. The second-order valence-corrected chi connectivity index (χ2v) is 8.10. The molecule has 1 atom stereocenters. The van der Waals surface area contributed by atoms with Crippen LogP contribution in [0, 0.1) is 0 Å². The van der Waals surface area contributed by atoms with Gasteiger partial charge in [0.15, 0.2) is 5.96 Å². The molecule has 0 spiro atoms. The number of hydrogen-bond donors (Lipinski definition) is 2. The molecule has 8 nitrogen and oxygen atoms in total. The van der Waals surface area contributed by atoms with Gasteiger partial charge < -0.3 is 25.0 Å². The third kappa shape index (κ3) is 6.78. The van der Waals surface area contributed by atoms with Crippen LogP contribution < -0.4 is 25.0 Å². The second kappa shape index (κ2) is 12.5. The Hall–Kier alpha value is -2.95. The van der Waals surface area contributed by atoms with Gasteiger partial charge in [0.2, 0.25) is 0 Å². The number of nitrogens with one attached hydrogen (secondary N) is 2. The van der Waals surface area contributed by atoms with Gasteiger partial charge in [-0.3, -0.25) is 9.67 Å². The van der Waals surface area contributed by atoms with E-state index in [1.54, 1.807) is 21.3 Å². The lowest BCUT2D eigenvalue weighted by molar-refractivity contribution is 0.394.